The summed E-state index contributed by atoms with van der Waals surface area (Å²) < 4.78 is 7.69. The smallest absolute Gasteiger partial charge is 0.176 e. The van der Waals surface area contributed by atoms with Gasteiger partial charge in [-0.3, -0.25) is 0 Å². The Kier molecular flexibility index (Phi) is 3.74. The SMILES string of the molecule is Clc1c(OC2CCCC2)cnn1Cc1ccccc1. The molecule has 1 aromatic carbocycles. The Labute approximate surface area is 118 Å². The molecule has 0 aliphatic heterocycles. The standard InChI is InChI=1S/C15H17ClN2O/c16-15-14(19-13-8-4-5-9-13)10-17-18(15)11-12-6-2-1-3-7-12/h1-3,6-7,10,13H,4-5,8-9,11H2. The van der Waals surface area contributed by atoms with E-state index in [0.717, 1.165) is 12.8 Å². The maximum absolute atomic E-state index is 6.33. The van der Waals surface area contributed by atoms with Crippen molar-refractivity contribution in [3.8, 4) is 5.75 Å². The van der Waals surface area contributed by atoms with Crippen molar-refractivity contribution in [2.24, 2.45) is 0 Å². The second-order valence-electron chi connectivity index (χ2n) is 4.97. The molecule has 0 amide bonds. The van der Waals surface area contributed by atoms with Crippen molar-refractivity contribution in [3.63, 3.8) is 0 Å². The highest BCUT2D eigenvalue weighted by Crippen LogP contribution is 2.29. The number of halogens is 1. The highest BCUT2D eigenvalue weighted by atomic mass is 35.5. The summed E-state index contributed by atoms with van der Waals surface area (Å²) in [5, 5.41) is 4.91. The van der Waals surface area contributed by atoms with Crippen molar-refractivity contribution in [2.45, 2.75) is 38.3 Å². The summed E-state index contributed by atoms with van der Waals surface area (Å²) in [4.78, 5) is 0. The first kappa shape index (κ1) is 12.5. The van der Waals surface area contributed by atoms with Crippen LogP contribution in [0.4, 0.5) is 0 Å². The van der Waals surface area contributed by atoms with Crippen LogP contribution in [0.25, 0.3) is 0 Å². The van der Waals surface area contributed by atoms with Gasteiger partial charge in [0.15, 0.2) is 10.9 Å². The Hall–Kier alpha value is -1.48. The molecule has 0 unspecified atom stereocenters. The largest absolute Gasteiger partial charge is 0.486 e. The molecule has 1 aliphatic rings. The Bertz CT molecular complexity index is 532. The van der Waals surface area contributed by atoms with E-state index < -0.39 is 0 Å². The van der Waals surface area contributed by atoms with Crippen LogP contribution in [0.3, 0.4) is 0 Å². The second-order valence-corrected chi connectivity index (χ2v) is 5.33. The molecular formula is C15H17ClN2O. The Balaban J connectivity index is 1.71. The molecule has 19 heavy (non-hydrogen) atoms. The zero-order chi connectivity index (χ0) is 13.1. The van der Waals surface area contributed by atoms with E-state index in [4.69, 9.17) is 16.3 Å². The van der Waals surface area contributed by atoms with Gasteiger partial charge in [-0.15, -0.1) is 0 Å². The molecule has 1 aliphatic carbocycles. The predicted molar refractivity (Wildman–Crippen MR) is 75.7 cm³/mol. The lowest BCUT2D eigenvalue weighted by molar-refractivity contribution is 0.210. The molecule has 3 rings (SSSR count). The molecule has 3 nitrogen and oxygen atoms in total. The summed E-state index contributed by atoms with van der Waals surface area (Å²) in [6.45, 7) is 0.674. The molecule has 0 N–H and O–H groups in total. The van der Waals surface area contributed by atoms with Crippen LogP contribution < -0.4 is 4.74 Å². The van der Waals surface area contributed by atoms with Crippen LogP contribution in [0.15, 0.2) is 36.5 Å². The average Bonchev–Trinajstić information content (AvgIpc) is 3.05. The van der Waals surface area contributed by atoms with Gasteiger partial charge in [0.05, 0.1) is 18.8 Å². The van der Waals surface area contributed by atoms with Crippen molar-refractivity contribution in [2.75, 3.05) is 0 Å². The van der Waals surface area contributed by atoms with Gasteiger partial charge >= 0.3 is 0 Å². The summed E-state index contributed by atoms with van der Waals surface area (Å²) in [5.74, 6) is 0.712. The van der Waals surface area contributed by atoms with Crippen LogP contribution in [0, 0.1) is 0 Å². The third-order valence-corrected chi connectivity index (χ3v) is 3.90. The van der Waals surface area contributed by atoms with E-state index in [1.165, 1.54) is 18.4 Å². The average molecular weight is 277 g/mol. The first-order valence-corrected chi connectivity index (χ1v) is 7.12. The Morgan fingerprint density at radius 2 is 1.95 bits per heavy atom. The topological polar surface area (TPSA) is 27.1 Å². The lowest BCUT2D eigenvalue weighted by Crippen LogP contribution is -2.10. The molecule has 0 spiro atoms. The zero-order valence-electron chi connectivity index (χ0n) is 10.8. The lowest BCUT2D eigenvalue weighted by Gasteiger charge is -2.11. The fourth-order valence-corrected chi connectivity index (χ4v) is 2.68. The van der Waals surface area contributed by atoms with Gasteiger partial charge in [0, 0.05) is 0 Å². The van der Waals surface area contributed by atoms with Gasteiger partial charge in [-0.2, -0.15) is 5.10 Å². The number of hydrogen-bond acceptors (Lipinski definition) is 2. The van der Waals surface area contributed by atoms with Gasteiger partial charge in [-0.1, -0.05) is 41.9 Å². The van der Waals surface area contributed by atoms with E-state index in [2.05, 4.69) is 17.2 Å². The number of hydrogen-bond donors (Lipinski definition) is 0. The van der Waals surface area contributed by atoms with E-state index in [1.54, 1.807) is 10.9 Å². The van der Waals surface area contributed by atoms with Crippen LogP contribution in [-0.2, 0) is 6.54 Å². The second kappa shape index (κ2) is 5.66. The number of ether oxygens (including phenoxy) is 1. The van der Waals surface area contributed by atoms with E-state index in [0.29, 0.717) is 23.6 Å². The summed E-state index contributed by atoms with van der Waals surface area (Å²) in [6, 6.07) is 10.2. The molecule has 0 radical (unpaired) electrons. The minimum atomic E-state index is 0.312. The number of benzene rings is 1. The molecule has 0 atom stereocenters. The van der Waals surface area contributed by atoms with Gasteiger partial charge in [0.25, 0.3) is 0 Å². The summed E-state index contributed by atoms with van der Waals surface area (Å²) >= 11 is 6.33. The summed E-state index contributed by atoms with van der Waals surface area (Å²) in [7, 11) is 0. The van der Waals surface area contributed by atoms with Crippen molar-refractivity contribution in [1.29, 1.82) is 0 Å². The predicted octanol–water partition coefficient (Wildman–Crippen LogP) is 3.91. The van der Waals surface area contributed by atoms with Crippen LogP contribution in [0.5, 0.6) is 5.75 Å². The summed E-state index contributed by atoms with van der Waals surface area (Å²) in [5.41, 5.74) is 1.18. The van der Waals surface area contributed by atoms with Crippen LogP contribution in [0.1, 0.15) is 31.2 Å². The molecule has 0 bridgehead atoms. The first-order chi connectivity index (χ1) is 9.33. The molecule has 0 saturated heterocycles. The van der Waals surface area contributed by atoms with Gasteiger partial charge in [-0.25, -0.2) is 4.68 Å². The third kappa shape index (κ3) is 2.92. The fourth-order valence-electron chi connectivity index (χ4n) is 2.48. The number of aromatic nitrogens is 2. The van der Waals surface area contributed by atoms with Gasteiger partial charge in [0.2, 0.25) is 0 Å². The van der Waals surface area contributed by atoms with Crippen LogP contribution >= 0.6 is 11.6 Å². The van der Waals surface area contributed by atoms with Crippen molar-refractivity contribution in [3.05, 3.63) is 47.2 Å². The quantitative estimate of drug-likeness (QED) is 0.847. The van der Waals surface area contributed by atoms with E-state index in [9.17, 15) is 0 Å². The molecule has 100 valence electrons. The molecule has 1 fully saturated rings. The molecule has 1 saturated carbocycles. The third-order valence-electron chi connectivity index (χ3n) is 3.52. The highest BCUT2D eigenvalue weighted by molar-refractivity contribution is 6.31. The van der Waals surface area contributed by atoms with Crippen molar-refractivity contribution >= 4 is 11.6 Å². The van der Waals surface area contributed by atoms with E-state index in [-0.39, 0.29) is 0 Å². The van der Waals surface area contributed by atoms with E-state index >= 15 is 0 Å². The Morgan fingerprint density at radius 3 is 2.68 bits per heavy atom. The van der Waals surface area contributed by atoms with Gasteiger partial charge in [0.1, 0.15) is 0 Å². The minimum absolute atomic E-state index is 0.312. The molecular weight excluding hydrogens is 260 g/mol. The molecule has 2 aromatic rings. The molecule has 1 heterocycles. The summed E-state index contributed by atoms with van der Waals surface area (Å²) in [6.07, 6.45) is 6.79. The van der Waals surface area contributed by atoms with Gasteiger partial charge < -0.3 is 4.74 Å². The lowest BCUT2D eigenvalue weighted by atomic mass is 10.2. The van der Waals surface area contributed by atoms with Gasteiger partial charge in [-0.05, 0) is 31.2 Å². The molecule has 1 aromatic heterocycles. The highest BCUT2D eigenvalue weighted by Gasteiger charge is 2.19. The maximum atomic E-state index is 6.33. The van der Waals surface area contributed by atoms with E-state index in [1.807, 2.05) is 18.2 Å². The maximum Gasteiger partial charge on any atom is 0.176 e. The Morgan fingerprint density at radius 1 is 1.21 bits per heavy atom. The van der Waals surface area contributed by atoms with Crippen LogP contribution in [0.2, 0.25) is 5.15 Å². The monoisotopic (exact) mass is 276 g/mol. The van der Waals surface area contributed by atoms with Crippen molar-refractivity contribution in [1.82, 2.24) is 9.78 Å². The number of rotatable bonds is 4. The number of nitrogens with zero attached hydrogens (tertiary/aromatic N) is 2. The molecule has 4 heteroatoms. The first-order valence-electron chi connectivity index (χ1n) is 6.75. The van der Waals surface area contributed by atoms with Crippen molar-refractivity contribution < 1.29 is 4.74 Å². The minimum Gasteiger partial charge on any atom is -0.486 e. The fraction of sp³-hybridized carbons (Fsp3) is 0.400. The van der Waals surface area contributed by atoms with Crippen LogP contribution in [-0.4, -0.2) is 15.9 Å². The zero-order valence-corrected chi connectivity index (χ0v) is 11.5. The normalized spacial score (nSPS) is 15.8.